The molecule has 0 unspecified atom stereocenters. The zero-order valence-electron chi connectivity index (χ0n) is 9.52. The van der Waals surface area contributed by atoms with Gasteiger partial charge in [-0.25, -0.2) is 0 Å². The van der Waals surface area contributed by atoms with Crippen molar-refractivity contribution in [2.75, 3.05) is 39.3 Å². The van der Waals surface area contributed by atoms with E-state index >= 15 is 0 Å². The molecule has 3 fully saturated rings. The van der Waals surface area contributed by atoms with Crippen LogP contribution in [0, 0.1) is 6.92 Å². The van der Waals surface area contributed by atoms with Gasteiger partial charge in [-0.05, 0) is 6.92 Å². The van der Waals surface area contributed by atoms with Crippen LogP contribution in [-0.4, -0.2) is 49.1 Å². The molecule has 4 rings (SSSR count). The van der Waals surface area contributed by atoms with Crippen LogP contribution in [0.2, 0.25) is 0 Å². The number of aryl methyl sites for hydroxylation is 1. The van der Waals surface area contributed by atoms with Gasteiger partial charge in [-0.2, -0.15) is 0 Å². The van der Waals surface area contributed by atoms with Crippen molar-refractivity contribution in [3.8, 4) is 0 Å². The van der Waals surface area contributed by atoms with Crippen LogP contribution >= 0.6 is 0 Å². The van der Waals surface area contributed by atoms with Gasteiger partial charge in [0.2, 0.25) is 0 Å². The Labute approximate surface area is 92.5 Å². The van der Waals surface area contributed by atoms with Crippen molar-refractivity contribution in [1.29, 1.82) is 0 Å². The van der Waals surface area contributed by atoms with Gasteiger partial charge in [-0.3, -0.25) is 9.80 Å². The minimum atomic E-state index is 1.32. The fraction of sp³-hybridized carbons (Fsp3) is 0.538. The Morgan fingerprint density at radius 2 is 1.13 bits per heavy atom. The highest BCUT2D eigenvalue weighted by atomic mass is 15.3. The smallest absolute Gasteiger partial charge is 0.0110 e. The first-order valence-corrected chi connectivity index (χ1v) is 5.81. The molecule has 1 aromatic rings. The molecule has 0 aromatic heterocycles. The number of benzene rings is 1. The van der Waals surface area contributed by atoms with Gasteiger partial charge in [0.25, 0.3) is 0 Å². The Hall–Kier alpha value is -0.860. The van der Waals surface area contributed by atoms with E-state index in [0.717, 1.165) is 0 Å². The number of hydrogen-bond donors (Lipinski definition) is 0. The first-order valence-electron chi connectivity index (χ1n) is 5.81. The lowest BCUT2D eigenvalue weighted by atomic mass is 10.2. The van der Waals surface area contributed by atoms with E-state index in [9.17, 15) is 0 Å². The van der Waals surface area contributed by atoms with Crippen molar-refractivity contribution >= 4 is 0 Å². The van der Waals surface area contributed by atoms with Crippen LogP contribution < -0.4 is 0 Å². The van der Waals surface area contributed by atoms with Crippen molar-refractivity contribution < 1.29 is 0 Å². The molecule has 3 aliphatic rings. The molecule has 2 heteroatoms. The molecule has 1 aromatic carbocycles. The Bertz CT molecular complexity index is 253. The summed E-state index contributed by atoms with van der Waals surface area (Å²) >= 11 is 0. The first kappa shape index (κ1) is 10.7. The van der Waals surface area contributed by atoms with Crippen LogP contribution in [0.25, 0.3) is 0 Å². The maximum atomic E-state index is 2.54. The van der Waals surface area contributed by atoms with Gasteiger partial charge < -0.3 is 0 Å². The number of hydrogen-bond acceptors (Lipinski definition) is 2. The van der Waals surface area contributed by atoms with Gasteiger partial charge in [-0.15, -0.1) is 0 Å². The summed E-state index contributed by atoms with van der Waals surface area (Å²) in [5.74, 6) is 0. The van der Waals surface area contributed by atoms with Gasteiger partial charge in [0.1, 0.15) is 0 Å². The Balaban J connectivity index is 0.000000115. The second-order valence-corrected chi connectivity index (χ2v) is 4.34. The number of nitrogens with zero attached hydrogens (tertiary/aromatic N) is 2. The number of piperazine rings is 3. The lowest BCUT2D eigenvalue weighted by Gasteiger charge is -2.41. The third-order valence-electron chi connectivity index (χ3n) is 3.14. The van der Waals surface area contributed by atoms with Gasteiger partial charge in [-0.1, -0.05) is 35.9 Å². The summed E-state index contributed by atoms with van der Waals surface area (Å²) in [7, 11) is 0. The second-order valence-electron chi connectivity index (χ2n) is 4.34. The van der Waals surface area contributed by atoms with E-state index in [0.29, 0.717) is 0 Å². The van der Waals surface area contributed by atoms with Crippen LogP contribution in [0.5, 0.6) is 0 Å². The van der Waals surface area contributed by atoms with Gasteiger partial charge in [0, 0.05) is 39.3 Å². The Morgan fingerprint density at radius 1 is 0.733 bits per heavy atom. The normalized spacial score (nSPS) is 28.1. The van der Waals surface area contributed by atoms with Crippen LogP contribution in [0.15, 0.2) is 30.3 Å². The SMILES string of the molecule is C1CN2CCN1CC2.Cc1ccccc1. The third kappa shape index (κ3) is 3.33. The summed E-state index contributed by atoms with van der Waals surface area (Å²) in [5, 5.41) is 0. The van der Waals surface area contributed by atoms with Crippen molar-refractivity contribution in [3.63, 3.8) is 0 Å². The van der Waals surface area contributed by atoms with Crippen molar-refractivity contribution in [1.82, 2.24) is 9.80 Å². The molecule has 3 heterocycles. The summed E-state index contributed by atoms with van der Waals surface area (Å²) in [6.07, 6.45) is 0. The lowest BCUT2D eigenvalue weighted by molar-refractivity contribution is 0.0647. The minimum Gasteiger partial charge on any atom is -0.300 e. The largest absolute Gasteiger partial charge is 0.300 e. The van der Waals surface area contributed by atoms with E-state index in [2.05, 4.69) is 28.9 Å². The summed E-state index contributed by atoms with van der Waals surface area (Å²) in [6.45, 7) is 10.0. The molecule has 0 N–H and O–H groups in total. The van der Waals surface area contributed by atoms with Crippen molar-refractivity contribution in [3.05, 3.63) is 35.9 Å². The molecule has 0 saturated carbocycles. The average molecular weight is 204 g/mol. The van der Waals surface area contributed by atoms with E-state index < -0.39 is 0 Å². The fourth-order valence-corrected chi connectivity index (χ4v) is 2.05. The van der Waals surface area contributed by atoms with Crippen LogP contribution in [0.4, 0.5) is 0 Å². The molecule has 0 aliphatic carbocycles. The fourth-order valence-electron chi connectivity index (χ4n) is 2.05. The molecule has 2 bridgehead atoms. The predicted molar refractivity (Wildman–Crippen MR) is 64.1 cm³/mol. The molecule has 0 radical (unpaired) electrons. The van der Waals surface area contributed by atoms with Crippen LogP contribution in [0.3, 0.4) is 0 Å². The van der Waals surface area contributed by atoms with Gasteiger partial charge in [0.05, 0.1) is 0 Å². The molecular weight excluding hydrogens is 184 g/mol. The highest BCUT2D eigenvalue weighted by molar-refractivity contribution is 5.11. The van der Waals surface area contributed by atoms with E-state index in [1.165, 1.54) is 44.8 Å². The van der Waals surface area contributed by atoms with Crippen LogP contribution in [0.1, 0.15) is 5.56 Å². The summed E-state index contributed by atoms with van der Waals surface area (Å²) < 4.78 is 0. The zero-order valence-corrected chi connectivity index (χ0v) is 9.52. The maximum Gasteiger partial charge on any atom is 0.0110 e. The highest BCUT2D eigenvalue weighted by Gasteiger charge is 2.21. The predicted octanol–water partition coefficient (Wildman–Crippen LogP) is 1.61. The molecule has 0 spiro atoms. The van der Waals surface area contributed by atoms with Gasteiger partial charge in [0.15, 0.2) is 0 Å². The lowest BCUT2D eigenvalue weighted by Crippen LogP contribution is -2.55. The molecule has 0 atom stereocenters. The molecular formula is C13H20N2. The van der Waals surface area contributed by atoms with Gasteiger partial charge >= 0.3 is 0 Å². The molecule has 3 aliphatic heterocycles. The zero-order chi connectivity index (χ0) is 10.5. The average Bonchev–Trinajstić information content (AvgIpc) is 2.33. The Kier molecular flexibility index (Phi) is 3.75. The summed E-state index contributed by atoms with van der Waals surface area (Å²) in [5.41, 5.74) is 1.32. The Morgan fingerprint density at radius 3 is 1.33 bits per heavy atom. The summed E-state index contributed by atoms with van der Waals surface area (Å²) in [6, 6.07) is 10.3. The van der Waals surface area contributed by atoms with Crippen LogP contribution in [-0.2, 0) is 0 Å². The molecule has 3 saturated heterocycles. The van der Waals surface area contributed by atoms with E-state index in [-0.39, 0.29) is 0 Å². The number of fused-ring (bicyclic) bond motifs is 3. The molecule has 15 heavy (non-hydrogen) atoms. The summed E-state index contributed by atoms with van der Waals surface area (Å²) in [4.78, 5) is 5.08. The highest BCUT2D eigenvalue weighted by Crippen LogP contribution is 2.06. The van der Waals surface area contributed by atoms with E-state index in [1.54, 1.807) is 0 Å². The van der Waals surface area contributed by atoms with E-state index in [4.69, 9.17) is 0 Å². The second kappa shape index (κ2) is 5.29. The monoisotopic (exact) mass is 204 g/mol. The van der Waals surface area contributed by atoms with E-state index in [1.807, 2.05) is 18.2 Å². The topological polar surface area (TPSA) is 6.48 Å². The first-order chi connectivity index (χ1) is 7.34. The van der Waals surface area contributed by atoms with Crippen molar-refractivity contribution in [2.24, 2.45) is 0 Å². The quantitative estimate of drug-likeness (QED) is 0.633. The maximum absolute atomic E-state index is 2.54. The number of rotatable bonds is 0. The molecule has 2 nitrogen and oxygen atoms in total. The minimum absolute atomic E-state index is 1.32. The third-order valence-corrected chi connectivity index (χ3v) is 3.14. The molecule has 82 valence electrons. The van der Waals surface area contributed by atoms with Crippen molar-refractivity contribution in [2.45, 2.75) is 6.92 Å². The standard InChI is InChI=1S/C7H8.C6H12N2/c1-7-5-3-2-4-6-7;1-2-8-5-3-7(1)4-6-8/h2-6H,1H3;1-6H2. The molecule has 0 amide bonds.